The third-order valence-electron chi connectivity index (χ3n) is 5.38. The molecule has 0 atom stereocenters. The lowest BCUT2D eigenvalue weighted by Crippen LogP contribution is -2.24. The Hall–Kier alpha value is -4.50. The van der Waals surface area contributed by atoms with Gasteiger partial charge < -0.3 is 24.7 Å². The monoisotopic (exact) mass is 502 g/mol. The van der Waals surface area contributed by atoms with Crippen LogP contribution in [0.2, 0.25) is 0 Å². The summed E-state index contributed by atoms with van der Waals surface area (Å²) >= 11 is 0. The number of methoxy groups -OCH3 is 1. The summed E-state index contributed by atoms with van der Waals surface area (Å²) in [4.78, 5) is 33.4. The van der Waals surface area contributed by atoms with Gasteiger partial charge in [-0.2, -0.15) is 4.98 Å². The van der Waals surface area contributed by atoms with Crippen molar-refractivity contribution in [1.82, 2.24) is 9.88 Å². The Balaban J connectivity index is 0.000000414. The summed E-state index contributed by atoms with van der Waals surface area (Å²) in [6.45, 7) is 1.85. The average Bonchev–Trinajstić information content (AvgIpc) is 3.02. The summed E-state index contributed by atoms with van der Waals surface area (Å²) < 4.78 is 5.42. The summed E-state index contributed by atoms with van der Waals surface area (Å²) in [5, 5.41) is 15.6. The lowest BCUT2D eigenvalue weighted by Gasteiger charge is -2.26. The molecule has 0 aliphatic carbocycles. The van der Waals surface area contributed by atoms with E-state index in [9.17, 15) is 9.59 Å². The van der Waals surface area contributed by atoms with Crippen LogP contribution in [0.5, 0.6) is 5.88 Å². The van der Waals surface area contributed by atoms with Crippen molar-refractivity contribution in [2.45, 2.75) is 6.42 Å². The number of carbonyl (C=O) groups is 2. The minimum atomic E-state index is -1.26. The van der Waals surface area contributed by atoms with Crippen LogP contribution in [0.4, 0.5) is 17.2 Å². The molecule has 0 unspecified atom stereocenters. The topological polar surface area (TPSA) is 116 Å². The molecule has 9 heteroatoms. The first-order chi connectivity index (χ1) is 17.8. The highest BCUT2D eigenvalue weighted by molar-refractivity contribution is 6.18. The van der Waals surface area contributed by atoms with E-state index in [1.807, 2.05) is 30.3 Å². The number of hydrogen-bond acceptors (Lipinski definition) is 7. The van der Waals surface area contributed by atoms with Crippen molar-refractivity contribution in [3.05, 3.63) is 90.0 Å². The lowest BCUT2D eigenvalue weighted by molar-refractivity contribution is -0.134. The first kappa shape index (κ1) is 27.1. The molecule has 1 aliphatic rings. The van der Waals surface area contributed by atoms with Crippen molar-refractivity contribution in [3.8, 4) is 5.88 Å². The van der Waals surface area contributed by atoms with Gasteiger partial charge in [0.1, 0.15) is 5.69 Å². The second-order valence-electron chi connectivity index (χ2n) is 8.36. The molecule has 1 aromatic heterocycles. The number of rotatable bonds is 8. The lowest BCUT2D eigenvalue weighted by atomic mass is 10.00. The maximum Gasteiger partial charge on any atom is 0.328 e. The molecule has 0 bridgehead atoms. The number of carboxylic acid groups (broad SMARTS) is 2. The van der Waals surface area contributed by atoms with E-state index in [1.54, 1.807) is 7.11 Å². The Morgan fingerprint density at radius 2 is 1.59 bits per heavy atom. The molecule has 0 saturated heterocycles. The van der Waals surface area contributed by atoms with Gasteiger partial charge in [-0.3, -0.25) is 0 Å². The van der Waals surface area contributed by atoms with Gasteiger partial charge in [0.05, 0.1) is 18.5 Å². The van der Waals surface area contributed by atoms with Crippen LogP contribution in [-0.2, 0) is 9.59 Å². The predicted octanol–water partition coefficient (Wildman–Crippen LogP) is 4.37. The maximum absolute atomic E-state index is 9.55. The van der Waals surface area contributed by atoms with Crippen molar-refractivity contribution in [2.24, 2.45) is 4.99 Å². The molecule has 2 aromatic carbocycles. The van der Waals surface area contributed by atoms with Crippen molar-refractivity contribution in [2.75, 3.05) is 39.2 Å². The average molecular weight is 503 g/mol. The molecule has 192 valence electrons. The number of hydrogen-bond donors (Lipinski definition) is 2. The van der Waals surface area contributed by atoms with Crippen LogP contribution < -0.4 is 9.64 Å². The fourth-order valence-electron chi connectivity index (χ4n) is 3.76. The third-order valence-corrected chi connectivity index (χ3v) is 5.38. The first-order valence-corrected chi connectivity index (χ1v) is 11.6. The summed E-state index contributed by atoms with van der Waals surface area (Å²) in [6, 6.07) is 22.6. The number of benzene rings is 2. The van der Waals surface area contributed by atoms with Crippen molar-refractivity contribution in [1.29, 1.82) is 0 Å². The molecule has 37 heavy (non-hydrogen) atoms. The molecular formula is C28H30N4O5. The SMILES string of the molecule is COc1ccc2c(n1)N(CCCN(C)C)c1ccccc1C(c1ccccc1)=N2.O=C(O)C=CC(=O)O. The molecule has 1 aliphatic heterocycles. The van der Waals surface area contributed by atoms with Gasteiger partial charge in [0.2, 0.25) is 5.88 Å². The number of aromatic nitrogens is 1. The number of carboxylic acids is 2. The summed E-state index contributed by atoms with van der Waals surface area (Å²) in [5.74, 6) is -1.08. The Labute approximate surface area is 216 Å². The van der Waals surface area contributed by atoms with Crippen molar-refractivity contribution in [3.63, 3.8) is 0 Å². The van der Waals surface area contributed by atoms with Crippen molar-refractivity contribution >= 4 is 34.8 Å². The van der Waals surface area contributed by atoms with E-state index >= 15 is 0 Å². The van der Waals surface area contributed by atoms with Crippen molar-refractivity contribution < 1.29 is 24.5 Å². The Morgan fingerprint density at radius 3 is 2.22 bits per heavy atom. The van der Waals surface area contributed by atoms with Gasteiger partial charge in [0, 0.05) is 35.9 Å². The number of aliphatic carboxylic acids is 2. The number of aliphatic imine (C=N–C) groups is 1. The normalized spacial score (nSPS) is 12.1. The number of para-hydroxylation sites is 1. The molecule has 0 amide bonds. The highest BCUT2D eigenvalue weighted by Crippen LogP contribution is 2.40. The van der Waals surface area contributed by atoms with Crippen LogP contribution in [0.25, 0.3) is 0 Å². The van der Waals surface area contributed by atoms with E-state index < -0.39 is 11.9 Å². The quantitative estimate of drug-likeness (QED) is 0.436. The molecule has 2 N–H and O–H groups in total. The highest BCUT2D eigenvalue weighted by Gasteiger charge is 2.25. The van der Waals surface area contributed by atoms with E-state index in [1.165, 1.54) is 0 Å². The molecule has 0 fully saturated rings. The first-order valence-electron chi connectivity index (χ1n) is 11.6. The molecule has 0 radical (unpaired) electrons. The maximum atomic E-state index is 9.55. The number of ether oxygens (including phenoxy) is 1. The second kappa shape index (κ2) is 13.0. The van der Waals surface area contributed by atoms with E-state index in [-0.39, 0.29) is 0 Å². The largest absolute Gasteiger partial charge is 0.481 e. The van der Waals surface area contributed by atoms with Gasteiger partial charge in [0.25, 0.3) is 0 Å². The number of anilines is 2. The van der Waals surface area contributed by atoms with Gasteiger partial charge in [-0.1, -0.05) is 48.5 Å². The van der Waals surface area contributed by atoms with Gasteiger partial charge >= 0.3 is 11.9 Å². The molecule has 9 nitrogen and oxygen atoms in total. The van der Waals surface area contributed by atoms with Crippen LogP contribution in [0, 0.1) is 0 Å². The van der Waals surface area contributed by atoms with Crippen LogP contribution in [0.3, 0.4) is 0 Å². The molecule has 3 aromatic rings. The predicted molar refractivity (Wildman–Crippen MR) is 144 cm³/mol. The standard InChI is InChI=1S/C24H26N4O.C4H4O4/c1-27(2)16-9-17-28-21-13-8-7-12-19(21)23(18-10-5-4-6-11-18)25-20-14-15-22(29-3)26-24(20)28;5-3(6)1-2-4(7)8/h4-8,10-15H,9,16-17H2,1-3H3;1-2H,(H,5,6)(H,7,8). The van der Waals surface area contributed by atoms with Gasteiger partial charge in [-0.25, -0.2) is 14.6 Å². The summed E-state index contributed by atoms with van der Waals surface area (Å²) in [5.41, 5.74) is 5.14. The van der Waals surface area contributed by atoms with Crippen LogP contribution >= 0.6 is 0 Å². The molecular weight excluding hydrogens is 472 g/mol. The molecule has 2 heterocycles. The number of pyridine rings is 1. The smallest absolute Gasteiger partial charge is 0.328 e. The Kier molecular flexibility index (Phi) is 9.51. The second-order valence-corrected chi connectivity index (χ2v) is 8.36. The third kappa shape index (κ3) is 7.49. The minimum absolute atomic E-state index is 0.558. The zero-order chi connectivity index (χ0) is 26.8. The summed E-state index contributed by atoms with van der Waals surface area (Å²) in [7, 11) is 5.85. The van der Waals surface area contributed by atoms with Crippen LogP contribution in [0.1, 0.15) is 17.5 Å². The number of fused-ring (bicyclic) bond motifs is 2. The van der Waals surface area contributed by atoms with E-state index in [4.69, 9.17) is 24.9 Å². The highest BCUT2D eigenvalue weighted by atomic mass is 16.5. The van der Waals surface area contributed by atoms with Gasteiger partial charge in [-0.05, 0) is 39.2 Å². The zero-order valence-electron chi connectivity index (χ0n) is 21.0. The van der Waals surface area contributed by atoms with E-state index in [2.05, 4.69) is 60.3 Å². The van der Waals surface area contributed by atoms with Gasteiger partial charge in [0.15, 0.2) is 5.82 Å². The summed E-state index contributed by atoms with van der Waals surface area (Å²) in [6.07, 6.45) is 2.13. The zero-order valence-corrected chi connectivity index (χ0v) is 21.0. The number of nitrogens with zero attached hydrogens (tertiary/aromatic N) is 4. The fourth-order valence-corrected chi connectivity index (χ4v) is 3.76. The van der Waals surface area contributed by atoms with E-state index in [0.29, 0.717) is 18.0 Å². The molecule has 0 saturated carbocycles. The minimum Gasteiger partial charge on any atom is -0.481 e. The van der Waals surface area contributed by atoms with Gasteiger partial charge in [-0.15, -0.1) is 0 Å². The van der Waals surface area contributed by atoms with Crippen LogP contribution in [0.15, 0.2) is 83.9 Å². The molecule has 0 spiro atoms. The van der Waals surface area contributed by atoms with Crippen LogP contribution in [-0.4, -0.2) is 72.0 Å². The molecule has 4 rings (SSSR count). The van der Waals surface area contributed by atoms with E-state index in [0.717, 1.165) is 53.5 Å². The Morgan fingerprint density at radius 1 is 0.946 bits per heavy atom. The fraction of sp³-hybridized carbons (Fsp3) is 0.214. The Bertz CT molecular complexity index is 1270.